The molecule has 2 N–H and O–H groups in total. The van der Waals surface area contributed by atoms with E-state index >= 15 is 0 Å². The van der Waals surface area contributed by atoms with E-state index < -0.39 is 5.97 Å². The predicted molar refractivity (Wildman–Crippen MR) is 119 cm³/mol. The van der Waals surface area contributed by atoms with Crippen LogP contribution in [-0.2, 0) is 16.1 Å². The van der Waals surface area contributed by atoms with E-state index in [0.29, 0.717) is 22.4 Å². The third kappa shape index (κ3) is 6.63. The molecular weight excluding hydrogens is 411 g/mol. The van der Waals surface area contributed by atoms with Crippen molar-refractivity contribution in [3.05, 3.63) is 101 Å². The van der Waals surface area contributed by atoms with E-state index in [1.165, 1.54) is 37.3 Å². The molecule has 0 aliphatic carbocycles. The summed E-state index contributed by atoms with van der Waals surface area (Å²) in [5.74, 6) is -1.32. The second-order valence-corrected chi connectivity index (χ2v) is 6.84. The molecule has 0 aromatic heterocycles. The first-order valence-electron chi connectivity index (χ1n) is 9.80. The van der Waals surface area contributed by atoms with Crippen LogP contribution in [0, 0.1) is 5.82 Å². The molecule has 0 spiro atoms. The minimum atomic E-state index is -0.477. The van der Waals surface area contributed by atoms with E-state index in [0.717, 1.165) is 0 Å². The van der Waals surface area contributed by atoms with Crippen molar-refractivity contribution in [3.8, 4) is 5.75 Å². The maximum absolute atomic E-state index is 13.2. The Morgan fingerprint density at radius 2 is 1.75 bits per heavy atom. The lowest BCUT2D eigenvalue weighted by Gasteiger charge is -2.12. The summed E-state index contributed by atoms with van der Waals surface area (Å²) in [6, 6.07) is 19.2. The quantitative estimate of drug-likeness (QED) is 0.331. The number of rotatable bonds is 7. The van der Waals surface area contributed by atoms with E-state index in [4.69, 9.17) is 4.74 Å². The molecule has 32 heavy (non-hydrogen) atoms. The molecule has 0 unspecified atom stereocenters. The SMILES string of the molecule is CC(=O)Oc1cccc(C(=O)Nc2ccccc2CNC(=O)/C=C/c2cccc(F)c2)c1. The Balaban J connectivity index is 1.64. The standard InChI is InChI=1S/C25H21FN2O4/c1-17(29)32-22-10-5-8-19(15-22)25(31)28-23-11-3-2-7-20(23)16-27-24(30)13-12-18-6-4-9-21(26)14-18/h2-15H,16H2,1H3,(H,27,30)(H,28,31)/b13-12+. The van der Waals surface area contributed by atoms with Gasteiger partial charge in [-0.1, -0.05) is 36.4 Å². The summed E-state index contributed by atoms with van der Waals surface area (Å²) in [7, 11) is 0. The number of benzene rings is 3. The number of hydrogen-bond acceptors (Lipinski definition) is 4. The van der Waals surface area contributed by atoms with E-state index in [1.807, 2.05) is 0 Å². The lowest BCUT2D eigenvalue weighted by molar-refractivity contribution is -0.131. The van der Waals surface area contributed by atoms with Gasteiger partial charge in [0.05, 0.1) is 0 Å². The molecule has 0 saturated carbocycles. The Labute approximate surface area is 184 Å². The number of anilines is 1. The molecule has 162 valence electrons. The van der Waals surface area contributed by atoms with Crippen LogP contribution in [0.25, 0.3) is 6.08 Å². The largest absolute Gasteiger partial charge is 0.427 e. The highest BCUT2D eigenvalue weighted by atomic mass is 19.1. The zero-order chi connectivity index (χ0) is 22.9. The molecule has 0 saturated heterocycles. The van der Waals surface area contributed by atoms with Gasteiger partial charge < -0.3 is 15.4 Å². The number of halogens is 1. The van der Waals surface area contributed by atoms with Gasteiger partial charge in [0.1, 0.15) is 11.6 Å². The minimum Gasteiger partial charge on any atom is -0.427 e. The summed E-state index contributed by atoms with van der Waals surface area (Å²) >= 11 is 0. The van der Waals surface area contributed by atoms with Crippen molar-refractivity contribution in [2.24, 2.45) is 0 Å². The first-order chi connectivity index (χ1) is 15.4. The van der Waals surface area contributed by atoms with Crippen LogP contribution < -0.4 is 15.4 Å². The van der Waals surface area contributed by atoms with Gasteiger partial charge in [0.15, 0.2) is 0 Å². The monoisotopic (exact) mass is 432 g/mol. The third-order valence-corrected chi connectivity index (χ3v) is 4.35. The van der Waals surface area contributed by atoms with Crippen molar-refractivity contribution in [2.75, 3.05) is 5.32 Å². The predicted octanol–water partition coefficient (Wildman–Crippen LogP) is 4.33. The number of hydrogen-bond donors (Lipinski definition) is 2. The van der Waals surface area contributed by atoms with E-state index in [1.54, 1.807) is 54.6 Å². The molecule has 0 radical (unpaired) electrons. The van der Waals surface area contributed by atoms with E-state index in [2.05, 4.69) is 10.6 Å². The lowest BCUT2D eigenvalue weighted by atomic mass is 10.1. The molecule has 6 nitrogen and oxygen atoms in total. The summed E-state index contributed by atoms with van der Waals surface area (Å²) in [6.45, 7) is 1.46. The molecule has 0 aliphatic heterocycles. The normalized spacial score (nSPS) is 10.6. The van der Waals surface area contributed by atoms with Crippen LogP contribution in [0.5, 0.6) is 5.75 Å². The highest BCUT2D eigenvalue weighted by Crippen LogP contribution is 2.18. The zero-order valence-electron chi connectivity index (χ0n) is 17.3. The number of esters is 1. The Bertz CT molecular complexity index is 1170. The van der Waals surface area contributed by atoms with Gasteiger partial charge in [-0.2, -0.15) is 0 Å². The highest BCUT2D eigenvalue weighted by Gasteiger charge is 2.11. The average molecular weight is 432 g/mol. The number of ether oxygens (including phenoxy) is 1. The van der Waals surface area contributed by atoms with Gasteiger partial charge in [-0.05, 0) is 53.6 Å². The number of carbonyl (C=O) groups is 3. The first-order valence-corrected chi connectivity index (χ1v) is 9.80. The van der Waals surface area contributed by atoms with Crippen molar-refractivity contribution < 1.29 is 23.5 Å². The maximum Gasteiger partial charge on any atom is 0.308 e. The van der Waals surface area contributed by atoms with Crippen LogP contribution >= 0.6 is 0 Å². The molecule has 0 fully saturated rings. The fourth-order valence-corrected chi connectivity index (χ4v) is 2.88. The van der Waals surface area contributed by atoms with E-state index in [-0.39, 0.29) is 29.9 Å². The Kier molecular flexibility index (Phi) is 7.48. The molecule has 7 heteroatoms. The molecule has 0 heterocycles. The maximum atomic E-state index is 13.2. The lowest BCUT2D eigenvalue weighted by Crippen LogP contribution is -2.22. The van der Waals surface area contributed by atoms with Gasteiger partial charge in [-0.3, -0.25) is 14.4 Å². The van der Waals surface area contributed by atoms with Crippen LogP contribution in [-0.4, -0.2) is 17.8 Å². The van der Waals surface area contributed by atoms with Crippen molar-refractivity contribution in [1.82, 2.24) is 5.32 Å². The van der Waals surface area contributed by atoms with E-state index in [9.17, 15) is 18.8 Å². The summed E-state index contributed by atoms with van der Waals surface area (Å²) in [5.41, 5.74) is 2.12. The summed E-state index contributed by atoms with van der Waals surface area (Å²) in [4.78, 5) is 35.9. The summed E-state index contributed by atoms with van der Waals surface area (Å²) in [6.07, 6.45) is 2.83. The fourth-order valence-electron chi connectivity index (χ4n) is 2.88. The van der Waals surface area contributed by atoms with Crippen molar-refractivity contribution in [2.45, 2.75) is 13.5 Å². The van der Waals surface area contributed by atoms with Crippen LogP contribution in [0.4, 0.5) is 10.1 Å². The fraction of sp³-hybridized carbons (Fsp3) is 0.0800. The molecule has 3 aromatic rings. The minimum absolute atomic E-state index is 0.177. The highest BCUT2D eigenvalue weighted by molar-refractivity contribution is 6.05. The third-order valence-electron chi connectivity index (χ3n) is 4.35. The van der Waals surface area contributed by atoms with Crippen LogP contribution in [0.2, 0.25) is 0 Å². The van der Waals surface area contributed by atoms with Gasteiger partial charge in [0, 0.05) is 30.8 Å². The molecule has 2 amide bonds. The average Bonchev–Trinajstić information content (AvgIpc) is 2.77. The Morgan fingerprint density at radius 1 is 0.969 bits per heavy atom. The van der Waals surface area contributed by atoms with Gasteiger partial charge in [0.2, 0.25) is 5.91 Å². The zero-order valence-corrected chi connectivity index (χ0v) is 17.3. The smallest absolute Gasteiger partial charge is 0.308 e. The van der Waals surface area contributed by atoms with Crippen molar-refractivity contribution in [3.63, 3.8) is 0 Å². The first kappa shape index (κ1) is 22.4. The Morgan fingerprint density at radius 3 is 2.53 bits per heavy atom. The summed E-state index contributed by atoms with van der Waals surface area (Å²) in [5, 5.41) is 5.54. The number of para-hydroxylation sites is 1. The van der Waals surface area contributed by atoms with Gasteiger partial charge in [-0.25, -0.2) is 4.39 Å². The van der Waals surface area contributed by atoms with Gasteiger partial charge in [0.25, 0.3) is 5.91 Å². The molecular formula is C25H21FN2O4. The van der Waals surface area contributed by atoms with Crippen LogP contribution in [0.3, 0.4) is 0 Å². The second-order valence-electron chi connectivity index (χ2n) is 6.84. The van der Waals surface area contributed by atoms with Crippen molar-refractivity contribution in [1.29, 1.82) is 0 Å². The van der Waals surface area contributed by atoms with Crippen LogP contribution in [0.15, 0.2) is 78.9 Å². The number of nitrogens with one attached hydrogen (secondary N) is 2. The Hall–Kier alpha value is -4.26. The van der Waals surface area contributed by atoms with Gasteiger partial charge in [-0.15, -0.1) is 0 Å². The van der Waals surface area contributed by atoms with Crippen molar-refractivity contribution >= 4 is 29.5 Å². The molecule has 3 rings (SSSR count). The number of amides is 2. The molecule has 3 aromatic carbocycles. The molecule has 0 atom stereocenters. The summed E-state index contributed by atoms with van der Waals surface area (Å²) < 4.78 is 18.2. The molecule has 0 aliphatic rings. The topological polar surface area (TPSA) is 84.5 Å². The molecule has 0 bridgehead atoms. The van der Waals surface area contributed by atoms with Gasteiger partial charge >= 0.3 is 5.97 Å². The van der Waals surface area contributed by atoms with Crippen LogP contribution in [0.1, 0.15) is 28.4 Å². The number of carbonyl (C=O) groups excluding carboxylic acids is 3. The second kappa shape index (κ2) is 10.7.